The molecule has 0 aromatic rings. The van der Waals surface area contributed by atoms with Crippen molar-refractivity contribution in [3.63, 3.8) is 0 Å². The third-order valence-electron chi connectivity index (χ3n) is 14.4. The average molecular weight is 1150 g/mol. The normalized spacial score (nSPS) is 14.5. The van der Waals surface area contributed by atoms with Crippen LogP contribution in [0.2, 0.25) is 0 Å². The predicted molar refractivity (Wildman–Crippen MR) is 352 cm³/mol. The summed E-state index contributed by atoms with van der Waals surface area (Å²) in [6.07, 6.45) is 91.7. The molecule has 0 aliphatic rings. The van der Waals surface area contributed by atoms with E-state index in [1.165, 1.54) is 167 Å². The number of rotatable bonds is 60. The number of hydrogen-bond donors (Lipinski definition) is 2. The van der Waals surface area contributed by atoms with E-state index < -0.39 is 26.6 Å². The molecule has 3 unspecified atom stereocenters. The molecule has 0 spiro atoms. The minimum Gasteiger partial charge on any atom is -0.756 e. The van der Waals surface area contributed by atoms with Gasteiger partial charge >= 0.3 is 0 Å². The van der Waals surface area contributed by atoms with Gasteiger partial charge in [0.15, 0.2) is 0 Å². The first-order chi connectivity index (χ1) is 39.5. The molecule has 466 valence electrons. The number of hydrogen-bond acceptors (Lipinski definition) is 6. The van der Waals surface area contributed by atoms with E-state index in [0.29, 0.717) is 17.4 Å². The number of carbonyl (C=O) groups excluding carboxylic acids is 1. The van der Waals surface area contributed by atoms with Crippen LogP contribution in [0.5, 0.6) is 0 Å². The number of nitrogens with zero attached hydrogens (tertiary/aromatic N) is 1. The van der Waals surface area contributed by atoms with Gasteiger partial charge in [0, 0.05) is 6.42 Å². The van der Waals surface area contributed by atoms with Crippen LogP contribution in [0.3, 0.4) is 0 Å². The maximum Gasteiger partial charge on any atom is 0.268 e. The quantitative estimate of drug-likeness (QED) is 0.0272. The Bertz CT molecular complexity index is 1730. The number of amides is 1. The number of likely N-dealkylation sites (N-methyl/N-ethyl adjacent to an activating group) is 1. The van der Waals surface area contributed by atoms with Gasteiger partial charge < -0.3 is 28.8 Å². The number of unbranched alkanes of at least 4 members (excludes halogenated alkanes) is 29. The van der Waals surface area contributed by atoms with Gasteiger partial charge in [-0.2, -0.15) is 0 Å². The number of aliphatic hydroxyl groups excluding tert-OH is 1. The summed E-state index contributed by atoms with van der Waals surface area (Å²) in [4.78, 5) is 25.6. The fraction of sp³-hybridized carbons (Fsp3) is 0.708. The standard InChI is InChI=1S/C72H127N2O6P/c1-6-8-10-12-14-16-18-20-22-24-26-28-30-32-34-36-38-39-41-43-45-47-49-51-53-55-57-59-61-63-65-71(75)70(69-80-81(77,78)79-68-67-74(3,4)5)73-72(76)66-64-62-60-58-56-54-52-50-48-46-44-42-40-37-35-33-31-29-27-25-23-21-19-17-15-13-11-9-7-2/h9,11,15,17,21,23,27,29,33,35,40,42,46,48,52,54,58,60,63,65,70-71,75H,6-8,10,12-14,16,18-20,22,24-26,28,30-32,34,36-39,41,43-45,47,49-51,53,55-57,59,61-62,64,66-69H2,1-5H3,(H-,73,76,77,78)/b11-9-,17-15-,23-21-,29-27-,35-33-,42-40-,48-46-,54-52-,60-58-,65-63+. The third-order valence-corrected chi connectivity index (χ3v) is 15.4. The summed E-state index contributed by atoms with van der Waals surface area (Å²) >= 11 is 0. The SMILES string of the molecule is CC/C=C\C/C=C\C/C=C\C/C=C\C/C=C\C/C=C\C/C=C\C/C=C\C/C=C\CCCC(=O)NC(COP(=O)([O-])OCC[N+](C)(C)C)C(O)/C=C/CCCCCCCCCCCCCCCCCCCCCCCCCCCCCC. The van der Waals surface area contributed by atoms with Crippen molar-refractivity contribution >= 4 is 13.7 Å². The Labute approximate surface area is 501 Å². The molecular weight excluding hydrogens is 1020 g/mol. The number of phosphoric acid groups is 1. The molecule has 9 heteroatoms. The van der Waals surface area contributed by atoms with Gasteiger partial charge in [0.1, 0.15) is 13.2 Å². The van der Waals surface area contributed by atoms with Gasteiger partial charge in [-0.15, -0.1) is 0 Å². The van der Waals surface area contributed by atoms with Crippen molar-refractivity contribution in [3.8, 4) is 0 Å². The Morgan fingerprint density at radius 2 is 0.753 bits per heavy atom. The van der Waals surface area contributed by atoms with E-state index in [9.17, 15) is 19.4 Å². The van der Waals surface area contributed by atoms with Crippen molar-refractivity contribution in [2.24, 2.45) is 0 Å². The predicted octanol–water partition coefficient (Wildman–Crippen LogP) is 20.6. The number of allylic oxidation sites excluding steroid dienone is 19. The van der Waals surface area contributed by atoms with Crippen LogP contribution in [0.25, 0.3) is 0 Å². The van der Waals surface area contributed by atoms with Crippen LogP contribution < -0.4 is 10.2 Å². The lowest BCUT2D eigenvalue weighted by Crippen LogP contribution is -2.45. The zero-order valence-electron chi connectivity index (χ0n) is 53.2. The van der Waals surface area contributed by atoms with E-state index in [-0.39, 0.29) is 18.9 Å². The van der Waals surface area contributed by atoms with E-state index in [1.54, 1.807) is 6.08 Å². The average Bonchev–Trinajstić information content (AvgIpc) is 3.43. The van der Waals surface area contributed by atoms with Gasteiger partial charge in [-0.05, 0) is 83.5 Å². The lowest BCUT2D eigenvalue weighted by molar-refractivity contribution is -0.870. The highest BCUT2D eigenvalue weighted by atomic mass is 31.2. The highest BCUT2D eigenvalue weighted by Gasteiger charge is 2.23. The summed E-state index contributed by atoms with van der Waals surface area (Å²) in [5, 5.41) is 13.9. The zero-order chi connectivity index (χ0) is 59.1. The van der Waals surface area contributed by atoms with Crippen LogP contribution in [0, 0.1) is 0 Å². The Kier molecular flexibility index (Phi) is 59.1. The van der Waals surface area contributed by atoms with Crippen LogP contribution in [0.15, 0.2) is 122 Å². The maximum absolute atomic E-state index is 13.0. The minimum atomic E-state index is -4.63. The molecule has 0 saturated heterocycles. The molecule has 0 aromatic carbocycles. The second-order valence-electron chi connectivity index (χ2n) is 23.4. The van der Waals surface area contributed by atoms with Gasteiger partial charge in [0.2, 0.25) is 5.91 Å². The first kappa shape index (κ1) is 77.9. The second kappa shape index (κ2) is 61.5. The van der Waals surface area contributed by atoms with E-state index in [2.05, 4.69) is 129 Å². The number of nitrogens with one attached hydrogen (secondary N) is 1. The van der Waals surface area contributed by atoms with Crippen LogP contribution in [-0.4, -0.2) is 68.5 Å². The molecule has 1 amide bonds. The zero-order valence-corrected chi connectivity index (χ0v) is 54.1. The van der Waals surface area contributed by atoms with Gasteiger partial charge in [0.05, 0.1) is 39.9 Å². The monoisotopic (exact) mass is 1150 g/mol. The van der Waals surface area contributed by atoms with Crippen LogP contribution in [0.1, 0.15) is 277 Å². The maximum atomic E-state index is 13.0. The van der Waals surface area contributed by atoms with Crippen molar-refractivity contribution < 1.29 is 32.9 Å². The van der Waals surface area contributed by atoms with Crippen LogP contribution in [0.4, 0.5) is 0 Å². The van der Waals surface area contributed by atoms with Crippen molar-refractivity contribution in [1.82, 2.24) is 5.32 Å². The lowest BCUT2D eigenvalue weighted by Gasteiger charge is -2.29. The van der Waals surface area contributed by atoms with Gasteiger partial charge in [-0.1, -0.05) is 309 Å². The fourth-order valence-electron chi connectivity index (χ4n) is 9.27. The molecule has 0 radical (unpaired) electrons. The van der Waals surface area contributed by atoms with Crippen molar-refractivity contribution in [2.45, 2.75) is 289 Å². The first-order valence-electron chi connectivity index (χ1n) is 33.4. The van der Waals surface area contributed by atoms with Gasteiger partial charge in [-0.3, -0.25) is 9.36 Å². The van der Waals surface area contributed by atoms with Crippen molar-refractivity contribution in [2.75, 3.05) is 40.9 Å². The second-order valence-corrected chi connectivity index (χ2v) is 24.9. The fourth-order valence-corrected chi connectivity index (χ4v) is 10.00. The number of phosphoric ester groups is 1. The molecular formula is C72H127N2O6P. The summed E-state index contributed by atoms with van der Waals surface area (Å²) in [6, 6.07) is -0.929. The summed E-state index contributed by atoms with van der Waals surface area (Å²) in [5.74, 6) is -0.257. The minimum absolute atomic E-state index is 0.0183. The molecule has 0 saturated carbocycles. The largest absolute Gasteiger partial charge is 0.756 e. The molecule has 3 atom stereocenters. The van der Waals surface area contributed by atoms with Crippen molar-refractivity contribution in [3.05, 3.63) is 122 Å². The smallest absolute Gasteiger partial charge is 0.268 e. The van der Waals surface area contributed by atoms with Crippen LogP contribution >= 0.6 is 7.82 Å². The van der Waals surface area contributed by atoms with E-state index in [0.717, 1.165) is 83.5 Å². The summed E-state index contributed by atoms with van der Waals surface area (Å²) in [5.41, 5.74) is 0. The number of aliphatic hydroxyl groups is 1. The topological polar surface area (TPSA) is 108 Å². The molecule has 0 heterocycles. The summed E-state index contributed by atoms with van der Waals surface area (Å²) in [7, 11) is 1.21. The molecule has 0 bridgehead atoms. The van der Waals surface area contributed by atoms with E-state index in [4.69, 9.17) is 9.05 Å². The Morgan fingerprint density at radius 3 is 1.09 bits per heavy atom. The third kappa shape index (κ3) is 64.3. The number of quaternary nitrogens is 1. The molecule has 0 fully saturated rings. The first-order valence-corrected chi connectivity index (χ1v) is 34.9. The van der Waals surface area contributed by atoms with Gasteiger partial charge in [0.25, 0.3) is 7.82 Å². The van der Waals surface area contributed by atoms with E-state index >= 15 is 0 Å². The van der Waals surface area contributed by atoms with E-state index in [1.807, 2.05) is 27.2 Å². The molecule has 0 rings (SSSR count). The number of carbonyl (C=O) groups is 1. The Hall–Kier alpha value is -3.10. The van der Waals surface area contributed by atoms with Crippen LogP contribution in [-0.2, 0) is 18.4 Å². The molecule has 0 aromatic heterocycles. The summed E-state index contributed by atoms with van der Waals surface area (Å²) in [6.45, 7) is 4.51. The highest BCUT2D eigenvalue weighted by Crippen LogP contribution is 2.38. The Balaban J connectivity index is 4.25. The molecule has 0 aliphatic carbocycles. The van der Waals surface area contributed by atoms with Gasteiger partial charge in [-0.25, -0.2) is 0 Å². The summed E-state index contributed by atoms with van der Waals surface area (Å²) < 4.78 is 23.4. The molecule has 81 heavy (non-hydrogen) atoms. The molecule has 2 N–H and O–H groups in total. The molecule has 8 nitrogen and oxygen atoms in total. The highest BCUT2D eigenvalue weighted by molar-refractivity contribution is 7.45. The Morgan fingerprint density at radius 1 is 0.444 bits per heavy atom. The lowest BCUT2D eigenvalue weighted by atomic mass is 10.0. The van der Waals surface area contributed by atoms with Crippen molar-refractivity contribution in [1.29, 1.82) is 0 Å². The molecule has 0 aliphatic heterocycles.